The first-order valence-electron chi connectivity index (χ1n) is 4.77. The number of nitrogens with zero attached hydrogens (tertiary/aromatic N) is 1. The van der Waals surface area contributed by atoms with Crippen LogP contribution >= 0.6 is 0 Å². The number of likely N-dealkylation sites (tertiary alicyclic amines) is 1. The maximum Gasteiger partial charge on any atom is 0.323 e. The van der Waals surface area contributed by atoms with Crippen LogP contribution in [-0.2, 0) is 9.53 Å². The molecule has 0 spiro atoms. The van der Waals surface area contributed by atoms with Crippen molar-refractivity contribution in [2.75, 3.05) is 19.7 Å². The number of rotatable bonds is 3. The first-order chi connectivity index (χ1) is 6.19. The van der Waals surface area contributed by atoms with Crippen LogP contribution in [0, 0.1) is 0 Å². The second kappa shape index (κ2) is 4.58. The molecule has 1 aliphatic heterocycles. The summed E-state index contributed by atoms with van der Waals surface area (Å²) in [6, 6.07) is -0.236. The zero-order valence-electron chi connectivity index (χ0n) is 8.19. The predicted octanol–water partition coefficient (Wildman–Crippen LogP) is 0.00460. The third kappa shape index (κ3) is 2.42. The van der Waals surface area contributed by atoms with Crippen LogP contribution in [0.1, 0.15) is 20.3 Å². The van der Waals surface area contributed by atoms with E-state index in [0.29, 0.717) is 19.6 Å². The van der Waals surface area contributed by atoms with E-state index in [-0.39, 0.29) is 18.1 Å². The van der Waals surface area contributed by atoms with Crippen molar-refractivity contribution in [2.24, 2.45) is 0 Å². The zero-order chi connectivity index (χ0) is 9.84. The minimum atomic E-state index is -0.380. The molecule has 0 aromatic rings. The van der Waals surface area contributed by atoms with Crippen LogP contribution in [0.4, 0.5) is 0 Å². The van der Waals surface area contributed by atoms with Crippen LogP contribution in [0.25, 0.3) is 0 Å². The number of β-amino-alcohol motifs (C(OH)–C–C–N with tert-alkyl or cyclic N) is 1. The number of carbonyl (C=O) groups is 1. The molecular weight excluding hydrogens is 170 g/mol. The van der Waals surface area contributed by atoms with Gasteiger partial charge in [-0.05, 0) is 13.5 Å². The summed E-state index contributed by atoms with van der Waals surface area (Å²) in [5.41, 5.74) is 0. The summed E-state index contributed by atoms with van der Waals surface area (Å²) in [5, 5.41) is 9.37. The van der Waals surface area contributed by atoms with Crippen molar-refractivity contribution >= 4 is 5.97 Å². The summed E-state index contributed by atoms with van der Waals surface area (Å²) in [4.78, 5) is 13.3. The Kier molecular flexibility index (Phi) is 3.69. The number of hydrogen-bond donors (Lipinski definition) is 1. The van der Waals surface area contributed by atoms with Gasteiger partial charge in [0.05, 0.1) is 12.7 Å². The van der Waals surface area contributed by atoms with Gasteiger partial charge in [-0.25, -0.2) is 0 Å². The summed E-state index contributed by atoms with van der Waals surface area (Å²) < 4.78 is 4.91. The molecule has 4 nitrogen and oxygen atoms in total. The third-order valence-electron chi connectivity index (χ3n) is 2.35. The van der Waals surface area contributed by atoms with E-state index in [1.54, 1.807) is 6.92 Å². The molecule has 0 saturated carbocycles. The molecule has 0 aromatic heterocycles. The normalized spacial score (nSPS) is 29.2. The van der Waals surface area contributed by atoms with Crippen LogP contribution in [0.5, 0.6) is 0 Å². The lowest BCUT2D eigenvalue weighted by Crippen LogP contribution is -2.37. The molecule has 1 rings (SSSR count). The molecule has 0 unspecified atom stereocenters. The van der Waals surface area contributed by atoms with Gasteiger partial charge >= 0.3 is 5.97 Å². The first-order valence-corrected chi connectivity index (χ1v) is 4.77. The predicted molar refractivity (Wildman–Crippen MR) is 48.3 cm³/mol. The van der Waals surface area contributed by atoms with E-state index in [1.807, 2.05) is 11.8 Å². The Morgan fingerprint density at radius 2 is 2.31 bits per heavy atom. The molecule has 0 radical (unpaired) electrons. The van der Waals surface area contributed by atoms with Gasteiger partial charge in [0.25, 0.3) is 0 Å². The molecule has 0 aliphatic carbocycles. The Morgan fingerprint density at radius 1 is 1.62 bits per heavy atom. The van der Waals surface area contributed by atoms with E-state index >= 15 is 0 Å². The van der Waals surface area contributed by atoms with Crippen molar-refractivity contribution in [3.05, 3.63) is 0 Å². The van der Waals surface area contributed by atoms with Gasteiger partial charge in [0.15, 0.2) is 0 Å². The Bertz CT molecular complexity index is 184. The second-order valence-electron chi connectivity index (χ2n) is 3.24. The summed E-state index contributed by atoms with van der Waals surface area (Å²) in [6.07, 6.45) is 0.126. The Morgan fingerprint density at radius 3 is 2.85 bits per heavy atom. The number of likely N-dealkylation sites (N-methyl/N-ethyl adjacent to an activating group) is 1. The summed E-state index contributed by atoms with van der Waals surface area (Å²) in [5.74, 6) is -0.207. The van der Waals surface area contributed by atoms with Crippen LogP contribution in [0.3, 0.4) is 0 Å². The molecule has 1 heterocycles. The lowest BCUT2D eigenvalue weighted by Gasteiger charge is -2.19. The van der Waals surface area contributed by atoms with Crippen molar-refractivity contribution in [1.29, 1.82) is 0 Å². The second-order valence-corrected chi connectivity index (χ2v) is 3.24. The van der Waals surface area contributed by atoms with E-state index in [2.05, 4.69) is 0 Å². The third-order valence-corrected chi connectivity index (χ3v) is 2.35. The minimum absolute atomic E-state index is 0.207. The SMILES string of the molecule is CCOC(=O)[C@H]1C[C@@H](O)CN1CC. The zero-order valence-corrected chi connectivity index (χ0v) is 8.19. The number of hydrogen-bond acceptors (Lipinski definition) is 4. The Labute approximate surface area is 78.5 Å². The molecule has 0 bridgehead atoms. The van der Waals surface area contributed by atoms with E-state index < -0.39 is 0 Å². The van der Waals surface area contributed by atoms with Crippen LogP contribution in [-0.4, -0.2) is 47.8 Å². The Balaban J connectivity index is 2.52. The smallest absolute Gasteiger partial charge is 0.323 e. The lowest BCUT2D eigenvalue weighted by atomic mass is 10.2. The first kappa shape index (κ1) is 10.5. The quantitative estimate of drug-likeness (QED) is 0.632. The fourth-order valence-electron chi connectivity index (χ4n) is 1.71. The van der Waals surface area contributed by atoms with Gasteiger partial charge in [-0.2, -0.15) is 0 Å². The van der Waals surface area contributed by atoms with Crippen LogP contribution < -0.4 is 0 Å². The van der Waals surface area contributed by atoms with Gasteiger partial charge in [0.1, 0.15) is 6.04 Å². The molecule has 1 aliphatic rings. The van der Waals surface area contributed by atoms with Gasteiger partial charge in [-0.1, -0.05) is 6.92 Å². The minimum Gasteiger partial charge on any atom is -0.465 e. The lowest BCUT2D eigenvalue weighted by molar-refractivity contribution is -0.148. The highest BCUT2D eigenvalue weighted by Crippen LogP contribution is 2.18. The van der Waals surface area contributed by atoms with Crippen molar-refractivity contribution in [3.63, 3.8) is 0 Å². The number of carbonyl (C=O) groups excluding carboxylic acids is 1. The molecule has 1 N–H and O–H groups in total. The van der Waals surface area contributed by atoms with E-state index in [1.165, 1.54) is 0 Å². The van der Waals surface area contributed by atoms with E-state index in [9.17, 15) is 9.90 Å². The van der Waals surface area contributed by atoms with Crippen molar-refractivity contribution in [1.82, 2.24) is 4.90 Å². The number of ether oxygens (including phenoxy) is 1. The van der Waals surface area contributed by atoms with Gasteiger partial charge in [0, 0.05) is 13.0 Å². The highest BCUT2D eigenvalue weighted by atomic mass is 16.5. The van der Waals surface area contributed by atoms with E-state index in [4.69, 9.17) is 4.74 Å². The maximum atomic E-state index is 11.4. The summed E-state index contributed by atoms with van der Waals surface area (Å²) in [7, 11) is 0. The maximum absolute atomic E-state index is 11.4. The molecule has 2 atom stereocenters. The molecule has 4 heteroatoms. The molecule has 0 amide bonds. The van der Waals surface area contributed by atoms with Gasteiger partial charge in [-0.3, -0.25) is 9.69 Å². The highest BCUT2D eigenvalue weighted by Gasteiger charge is 2.35. The molecule has 13 heavy (non-hydrogen) atoms. The number of esters is 1. The Hall–Kier alpha value is -0.610. The van der Waals surface area contributed by atoms with Gasteiger partial charge < -0.3 is 9.84 Å². The largest absolute Gasteiger partial charge is 0.465 e. The highest BCUT2D eigenvalue weighted by molar-refractivity contribution is 5.76. The fourth-order valence-corrected chi connectivity index (χ4v) is 1.71. The van der Waals surface area contributed by atoms with Crippen molar-refractivity contribution in [3.8, 4) is 0 Å². The molecule has 0 aromatic carbocycles. The number of aliphatic hydroxyl groups is 1. The molecular formula is C9H17NO3. The average Bonchev–Trinajstić information content (AvgIpc) is 2.47. The standard InChI is InChI=1S/C9H17NO3/c1-3-10-6-7(11)5-8(10)9(12)13-4-2/h7-8,11H,3-6H2,1-2H3/t7-,8-/m1/s1. The average molecular weight is 187 g/mol. The molecule has 76 valence electrons. The van der Waals surface area contributed by atoms with Crippen molar-refractivity contribution in [2.45, 2.75) is 32.4 Å². The van der Waals surface area contributed by atoms with Crippen LogP contribution in [0.2, 0.25) is 0 Å². The van der Waals surface area contributed by atoms with E-state index in [0.717, 1.165) is 6.54 Å². The fraction of sp³-hybridized carbons (Fsp3) is 0.889. The summed E-state index contributed by atoms with van der Waals surface area (Å²) >= 11 is 0. The van der Waals surface area contributed by atoms with Gasteiger partial charge in [-0.15, -0.1) is 0 Å². The molecule has 1 fully saturated rings. The summed E-state index contributed by atoms with van der Waals surface area (Å²) in [6.45, 7) is 5.54. The van der Waals surface area contributed by atoms with Gasteiger partial charge in [0.2, 0.25) is 0 Å². The topological polar surface area (TPSA) is 49.8 Å². The number of aliphatic hydroxyl groups excluding tert-OH is 1. The molecule has 1 saturated heterocycles. The monoisotopic (exact) mass is 187 g/mol. The van der Waals surface area contributed by atoms with Crippen LogP contribution in [0.15, 0.2) is 0 Å². The van der Waals surface area contributed by atoms with Crippen molar-refractivity contribution < 1.29 is 14.6 Å².